The van der Waals surface area contributed by atoms with E-state index >= 15 is 0 Å². The van der Waals surface area contributed by atoms with Crippen LogP contribution >= 0.6 is 22.7 Å². The summed E-state index contributed by atoms with van der Waals surface area (Å²) in [5.74, 6) is 1.23. The Labute approximate surface area is 201 Å². The Balaban J connectivity index is 1.45. The molecule has 2 saturated heterocycles. The van der Waals surface area contributed by atoms with Gasteiger partial charge in [-0.25, -0.2) is 4.98 Å². The number of ether oxygens (including phenoxy) is 1. The van der Waals surface area contributed by atoms with Crippen LogP contribution in [0.4, 0.5) is 0 Å². The average molecular weight is 487 g/mol. The van der Waals surface area contributed by atoms with Crippen molar-refractivity contribution >= 4 is 38.8 Å². The molecular formula is C24H30N4O3S2. The zero-order chi connectivity index (χ0) is 22.8. The van der Waals surface area contributed by atoms with E-state index in [0.717, 1.165) is 66.6 Å². The van der Waals surface area contributed by atoms with E-state index in [4.69, 9.17) is 9.72 Å². The normalized spacial score (nSPS) is 20.0. The number of thiophene rings is 2. The van der Waals surface area contributed by atoms with E-state index in [2.05, 4.69) is 17.1 Å². The first kappa shape index (κ1) is 22.7. The van der Waals surface area contributed by atoms with Gasteiger partial charge in [0.2, 0.25) is 5.91 Å². The second-order valence-corrected chi connectivity index (χ2v) is 10.9. The van der Waals surface area contributed by atoms with E-state index in [0.29, 0.717) is 24.3 Å². The Kier molecular flexibility index (Phi) is 6.91. The molecule has 9 heteroatoms. The van der Waals surface area contributed by atoms with E-state index in [1.807, 2.05) is 22.9 Å². The summed E-state index contributed by atoms with van der Waals surface area (Å²) >= 11 is 3.11. The van der Waals surface area contributed by atoms with Crippen LogP contribution in [0.25, 0.3) is 20.7 Å². The lowest BCUT2D eigenvalue weighted by atomic mass is 9.99. The van der Waals surface area contributed by atoms with Crippen LogP contribution in [0.2, 0.25) is 0 Å². The van der Waals surface area contributed by atoms with Gasteiger partial charge in [-0.2, -0.15) is 0 Å². The Morgan fingerprint density at radius 1 is 1.27 bits per heavy atom. The summed E-state index contributed by atoms with van der Waals surface area (Å²) in [6, 6.07) is 4.01. The van der Waals surface area contributed by atoms with E-state index < -0.39 is 0 Å². The van der Waals surface area contributed by atoms with Gasteiger partial charge in [0, 0.05) is 29.0 Å². The van der Waals surface area contributed by atoms with Gasteiger partial charge in [-0.1, -0.05) is 13.0 Å². The number of nitrogens with zero attached hydrogens (tertiary/aromatic N) is 3. The van der Waals surface area contributed by atoms with E-state index in [-0.39, 0.29) is 24.1 Å². The summed E-state index contributed by atoms with van der Waals surface area (Å²) in [6.45, 7) is 6.07. The molecule has 176 valence electrons. The molecule has 1 amide bonds. The van der Waals surface area contributed by atoms with Crippen LogP contribution in [0.3, 0.4) is 0 Å². The van der Waals surface area contributed by atoms with Crippen molar-refractivity contribution in [3.8, 4) is 10.4 Å². The van der Waals surface area contributed by atoms with E-state index in [1.165, 1.54) is 11.3 Å². The molecule has 2 aliphatic heterocycles. The molecule has 33 heavy (non-hydrogen) atoms. The van der Waals surface area contributed by atoms with Gasteiger partial charge < -0.3 is 10.1 Å². The summed E-state index contributed by atoms with van der Waals surface area (Å²) in [4.78, 5) is 35.6. The zero-order valence-corrected chi connectivity index (χ0v) is 20.6. The fourth-order valence-corrected chi connectivity index (χ4v) is 6.39. The smallest absolute Gasteiger partial charge is 0.263 e. The van der Waals surface area contributed by atoms with Crippen molar-refractivity contribution in [2.24, 2.45) is 5.92 Å². The lowest BCUT2D eigenvalue weighted by Crippen LogP contribution is -2.39. The SMILES string of the molecule is CC1CCN(Cc2nc3scc(-c4cccs4)c3c(=O)n2CC(=O)NC[C@H]2CCCO2)CC1. The van der Waals surface area contributed by atoms with Crippen LogP contribution in [0, 0.1) is 5.92 Å². The highest BCUT2D eigenvalue weighted by atomic mass is 32.1. The molecule has 0 unspecified atom stereocenters. The van der Waals surface area contributed by atoms with Gasteiger partial charge >= 0.3 is 0 Å². The van der Waals surface area contributed by atoms with Crippen molar-refractivity contribution < 1.29 is 9.53 Å². The largest absolute Gasteiger partial charge is 0.376 e. The molecule has 5 rings (SSSR count). The molecule has 3 aromatic rings. The molecule has 5 heterocycles. The lowest BCUT2D eigenvalue weighted by Gasteiger charge is -2.30. The Morgan fingerprint density at radius 3 is 2.85 bits per heavy atom. The highest BCUT2D eigenvalue weighted by molar-refractivity contribution is 7.18. The fraction of sp³-hybridized carbons (Fsp3) is 0.542. The second kappa shape index (κ2) is 10.0. The van der Waals surface area contributed by atoms with Crippen molar-refractivity contribution in [2.75, 3.05) is 26.2 Å². The summed E-state index contributed by atoms with van der Waals surface area (Å²) in [5, 5.41) is 7.60. The van der Waals surface area contributed by atoms with Crippen molar-refractivity contribution in [1.82, 2.24) is 19.8 Å². The summed E-state index contributed by atoms with van der Waals surface area (Å²) in [5.41, 5.74) is 0.784. The highest BCUT2D eigenvalue weighted by Crippen LogP contribution is 2.34. The predicted octanol–water partition coefficient (Wildman–Crippen LogP) is 3.71. The molecule has 0 bridgehead atoms. The predicted molar refractivity (Wildman–Crippen MR) is 133 cm³/mol. The standard InChI is InChI=1S/C24H30N4O3S2/c1-16-6-8-27(9-7-16)13-20-26-23-22(18(15-33-23)19-5-3-11-32-19)24(30)28(20)14-21(29)25-12-17-4-2-10-31-17/h3,5,11,15-17H,2,4,6-10,12-14H2,1H3,(H,25,29)/t17-/m1/s1. The third-order valence-electron chi connectivity index (χ3n) is 6.65. The first-order valence-electron chi connectivity index (χ1n) is 11.7. The molecule has 1 atom stereocenters. The monoisotopic (exact) mass is 486 g/mol. The molecule has 3 aromatic heterocycles. The minimum absolute atomic E-state index is 0.0200. The summed E-state index contributed by atoms with van der Waals surface area (Å²) in [7, 11) is 0. The minimum Gasteiger partial charge on any atom is -0.376 e. The van der Waals surface area contributed by atoms with Crippen molar-refractivity contribution in [2.45, 2.75) is 51.8 Å². The number of rotatable bonds is 7. The molecule has 0 spiro atoms. The Bertz CT molecular complexity index is 1160. The van der Waals surface area contributed by atoms with Gasteiger partial charge in [0.15, 0.2) is 0 Å². The fourth-order valence-electron chi connectivity index (χ4n) is 4.62. The molecule has 2 fully saturated rings. The number of amides is 1. The van der Waals surface area contributed by atoms with Crippen molar-refractivity contribution in [3.63, 3.8) is 0 Å². The number of nitrogens with one attached hydrogen (secondary N) is 1. The molecule has 7 nitrogen and oxygen atoms in total. The molecule has 1 N–H and O–H groups in total. The van der Waals surface area contributed by atoms with E-state index in [1.54, 1.807) is 15.9 Å². The van der Waals surface area contributed by atoms with Crippen LogP contribution in [-0.4, -0.2) is 52.7 Å². The van der Waals surface area contributed by atoms with Crippen LogP contribution in [0.5, 0.6) is 0 Å². The lowest BCUT2D eigenvalue weighted by molar-refractivity contribution is -0.122. The third kappa shape index (κ3) is 5.06. The number of hydrogen-bond acceptors (Lipinski definition) is 7. The van der Waals surface area contributed by atoms with Gasteiger partial charge in [-0.15, -0.1) is 22.7 Å². The topological polar surface area (TPSA) is 76.5 Å². The van der Waals surface area contributed by atoms with Gasteiger partial charge in [0.1, 0.15) is 17.2 Å². The quantitative estimate of drug-likeness (QED) is 0.551. The van der Waals surface area contributed by atoms with E-state index in [9.17, 15) is 9.59 Å². The van der Waals surface area contributed by atoms with Crippen LogP contribution in [-0.2, 0) is 22.6 Å². The first-order chi connectivity index (χ1) is 16.1. The average Bonchev–Trinajstić information content (AvgIpc) is 3.58. The van der Waals surface area contributed by atoms with Gasteiger partial charge in [0.25, 0.3) is 5.56 Å². The van der Waals surface area contributed by atoms with Crippen LogP contribution in [0.15, 0.2) is 27.7 Å². The maximum absolute atomic E-state index is 13.7. The number of piperidine rings is 1. The third-order valence-corrected chi connectivity index (χ3v) is 8.43. The maximum atomic E-state index is 13.7. The highest BCUT2D eigenvalue weighted by Gasteiger charge is 2.23. The van der Waals surface area contributed by atoms with Crippen LogP contribution in [0.1, 0.15) is 38.4 Å². The maximum Gasteiger partial charge on any atom is 0.263 e. The molecular weight excluding hydrogens is 456 g/mol. The number of likely N-dealkylation sites (tertiary alicyclic amines) is 1. The number of carbonyl (C=O) groups excluding carboxylic acids is 1. The minimum atomic E-state index is -0.171. The van der Waals surface area contributed by atoms with Gasteiger partial charge in [0.05, 0.1) is 18.0 Å². The number of carbonyl (C=O) groups is 1. The number of aromatic nitrogens is 2. The van der Waals surface area contributed by atoms with Gasteiger partial charge in [-0.3, -0.25) is 19.1 Å². The van der Waals surface area contributed by atoms with Crippen LogP contribution < -0.4 is 10.9 Å². The zero-order valence-electron chi connectivity index (χ0n) is 18.9. The summed E-state index contributed by atoms with van der Waals surface area (Å²) in [6.07, 6.45) is 4.36. The molecule has 0 aliphatic carbocycles. The summed E-state index contributed by atoms with van der Waals surface area (Å²) < 4.78 is 7.21. The number of fused-ring (bicyclic) bond motifs is 1. The molecule has 0 saturated carbocycles. The first-order valence-corrected chi connectivity index (χ1v) is 13.5. The molecule has 2 aliphatic rings. The van der Waals surface area contributed by atoms with Crippen molar-refractivity contribution in [1.29, 1.82) is 0 Å². The van der Waals surface area contributed by atoms with Gasteiger partial charge in [-0.05, 0) is 56.1 Å². The van der Waals surface area contributed by atoms with Crippen molar-refractivity contribution in [3.05, 3.63) is 39.1 Å². The Hall–Kier alpha value is -2.07. The Morgan fingerprint density at radius 2 is 2.12 bits per heavy atom. The molecule has 0 radical (unpaired) electrons. The number of hydrogen-bond donors (Lipinski definition) is 1. The molecule has 0 aromatic carbocycles. The second-order valence-electron chi connectivity index (χ2n) is 9.12.